The summed E-state index contributed by atoms with van der Waals surface area (Å²) in [6.45, 7) is 2.09. The van der Waals surface area contributed by atoms with Gasteiger partial charge < -0.3 is 0 Å². The third kappa shape index (κ3) is 2.80. The SMILES string of the molecule is C#CCNC(C#N)c1cc(C)ccc1F. The summed E-state index contributed by atoms with van der Waals surface area (Å²) < 4.78 is 13.4. The molecule has 1 N–H and O–H groups in total. The molecule has 0 bridgehead atoms. The fourth-order valence-electron chi connectivity index (χ4n) is 1.27. The summed E-state index contributed by atoms with van der Waals surface area (Å²) in [6, 6.07) is 5.94. The second-order valence-electron chi connectivity index (χ2n) is 3.17. The molecule has 76 valence electrons. The molecule has 1 aromatic rings. The minimum absolute atomic E-state index is 0.242. The normalized spacial score (nSPS) is 11.5. The van der Waals surface area contributed by atoms with E-state index in [1.165, 1.54) is 6.07 Å². The molecule has 0 aliphatic carbocycles. The average Bonchev–Trinajstić information content (AvgIpc) is 2.24. The van der Waals surface area contributed by atoms with Crippen LogP contribution in [0.15, 0.2) is 18.2 Å². The van der Waals surface area contributed by atoms with Crippen LogP contribution in [0.25, 0.3) is 0 Å². The van der Waals surface area contributed by atoms with Crippen LogP contribution in [0.5, 0.6) is 0 Å². The second-order valence-corrected chi connectivity index (χ2v) is 3.17. The van der Waals surface area contributed by atoms with E-state index in [0.717, 1.165) is 5.56 Å². The lowest BCUT2D eigenvalue weighted by Crippen LogP contribution is -2.21. The number of nitrogens with one attached hydrogen (secondary N) is 1. The maximum Gasteiger partial charge on any atom is 0.129 e. The zero-order chi connectivity index (χ0) is 11.3. The molecule has 2 nitrogen and oxygen atoms in total. The largest absolute Gasteiger partial charge is 0.287 e. The molecule has 0 spiro atoms. The van der Waals surface area contributed by atoms with Gasteiger partial charge in [0.1, 0.15) is 11.9 Å². The smallest absolute Gasteiger partial charge is 0.129 e. The first-order valence-corrected chi connectivity index (χ1v) is 4.51. The van der Waals surface area contributed by atoms with E-state index in [9.17, 15) is 4.39 Å². The van der Waals surface area contributed by atoms with Crippen molar-refractivity contribution in [1.29, 1.82) is 5.26 Å². The van der Waals surface area contributed by atoms with Crippen molar-refractivity contribution in [2.24, 2.45) is 0 Å². The number of halogens is 1. The summed E-state index contributed by atoms with van der Waals surface area (Å²) in [5.41, 5.74) is 1.25. The van der Waals surface area contributed by atoms with Gasteiger partial charge in [0.25, 0.3) is 0 Å². The number of aryl methyl sites for hydroxylation is 1. The Morgan fingerprint density at radius 2 is 2.33 bits per heavy atom. The van der Waals surface area contributed by atoms with Crippen LogP contribution in [0.2, 0.25) is 0 Å². The highest BCUT2D eigenvalue weighted by atomic mass is 19.1. The van der Waals surface area contributed by atoms with Gasteiger partial charge >= 0.3 is 0 Å². The molecule has 1 unspecified atom stereocenters. The van der Waals surface area contributed by atoms with Crippen molar-refractivity contribution in [3.05, 3.63) is 35.1 Å². The van der Waals surface area contributed by atoms with E-state index in [0.29, 0.717) is 5.56 Å². The van der Waals surface area contributed by atoms with Gasteiger partial charge in [-0.2, -0.15) is 5.26 Å². The highest BCUT2D eigenvalue weighted by Crippen LogP contribution is 2.17. The standard InChI is InChI=1S/C12H11FN2/c1-3-6-15-12(8-14)10-7-9(2)4-5-11(10)13/h1,4-5,7,12,15H,6H2,2H3. The highest BCUT2D eigenvalue weighted by Gasteiger charge is 2.13. The quantitative estimate of drug-likeness (QED) is 0.760. The van der Waals surface area contributed by atoms with Crippen LogP contribution < -0.4 is 5.32 Å². The fourth-order valence-corrected chi connectivity index (χ4v) is 1.27. The topological polar surface area (TPSA) is 35.8 Å². The minimum atomic E-state index is -0.694. The molecule has 0 amide bonds. The Kier molecular flexibility index (Phi) is 3.85. The van der Waals surface area contributed by atoms with Crippen molar-refractivity contribution < 1.29 is 4.39 Å². The molecular weight excluding hydrogens is 191 g/mol. The van der Waals surface area contributed by atoms with Crippen molar-refractivity contribution in [2.45, 2.75) is 13.0 Å². The molecule has 0 aromatic heterocycles. The number of terminal acetylenes is 1. The molecule has 0 saturated heterocycles. The van der Waals surface area contributed by atoms with Gasteiger partial charge in [0.15, 0.2) is 0 Å². The van der Waals surface area contributed by atoms with Crippen LogP contribution in [-0.4, -0.2) is 6.54 Å². The Hall–Kier alpha value is -1.84. The van der Waals surface area contributed by atoms with E-state index in [1.54, 1.807) is 12.1 Å². The van der Waals surface area contributed by atoms with Gasteiger partial charge in [-0.1, -0.05) is 23.6 Å². The molecule has 0 aliphatic rings. The Bertz CT molecular complexity index is 426. The van der Waals surface area contributed by atoms with Crippen molar-refractivity contribution in [1.82, 2.24) is 5.32 Å². The predicted octanol–water partition coefficient (Wildman–Crippen LogP) is 1.92. The number of rotatable bonds is 3. The number of nitrogens with zero attached hydrogens (tertiary/aromatic N) is 1. The lowest BCUT2D eigenvalue weighted by atomic mass is 10.0. The van der Waals surface area contributed by atoms with E-state index in [4.69, 9.17) is 11.7 Å². The molecule has 3 heteroatoms. The molecule has 0 aliphatic heterocycles. The molecule has 1 rings (SSSR count). The molecule has 0 saturated carbocycles. The highest BCUT2D eigenvalue weighted by molar-refractivity contribution is 5.30. The molecular formula is C12H11FN2. The van der Waals surface area contributed by atoms with E-state index in [2.05, 4.69) is 11.2 Å². The van der Waals surface area contributed by atoms with Gasteiger partial charge in [0.05, 0.1) is 12.6 Å². The van der Waals surface area contributed by atoms with Crippen LogP contribution in [0.1, 0.15) is 17.2 Å². The van der Waals surface area contributed by atoms with Gasteiger partial charge in [-0.05, 0) is 13.0 Å². The first-order chi connectivity index (χ1) is 7.19. The first-order valence-electron chi connectivity index (χ1n) is 4.51. The van der Waals surface area contributed by atoms with E-state index in [1.807, 2.05) is 13.0 Å². The summed E-state index contributed by atoms with van der Waals surface area (Å²) in [5, 5.41) is 11.6. The molecule has 15 heavy (non-hydrogen) atoms. The second kappa shape index (κ2) is 5.14. The predicted molar refractivity (Wildman–Crippen MR) is 56.3 cm³/mol. The lowest BCUT2D eigenvalue weighted by Gasteiger charge is -2.11. The minimum Gasteiger partial charge on any atom is -0.287 e. The number of hydrogen-bond donors (Lipinski definition) is 1. The maximum absolute atomic E-state index is 13.4. The van der Waals surface area contributed by atoms with E-state index in [-0.39, 0.29) is 6.54 Å². The Morgan fingerprint density at radius 3 is 2.93 bits per heavy atom. The van der Waals surface area contributed by atoms with Crippen LogP contribution in [0, 0.1) is 36.4 Å². The Morgan fingerprint density at radius 1 is 1.60 bits per heavy atom. The molecule has 0 fully saturated rings. The van der Waals surface area contributed by atoms with Crippen LogP contribution >= 0.6 is 0 Å². The zero-order valence-corrected chi connectivity index (χ0v) is 8.42. The summed E-state index contributed by atoms with van der Waals surface area (Å²) >= 11 is 0. The van der Waals surface area contributed by atoms with Crippen molar-refractivity contribution in [3.8, 4) is 18.4 Å². The summed E-state index contributed by atoms with van der Waals surface area (Å²) in [4.78, 5) is 0. The summed E-state index contributed by atoms with van der Waals surface area (Å²) in [6.07, 6.45) is 5.06. The molecule has 0 heterocycles. The van der Waals surface area contributed by atoms with Crippen molar-refractivity contribution in [3.63, 3.8) is 0 Å². The van der Waals surface area contributed by atoms with Gasteiger partial charge in [-0.25, -0.2) is 4.39 Å². The molecule has 1 atom stereocenters. The number of nitriles is 1. The van der Waals surface area contributed by atoms with Crippen LogP contribution in [-0.2, 0) is 0 Å². The van der Waals surface area contributed by atoms with Gasteiger partial charge in [-0.15, -0.1) is 6.42 Å². The average molecular weight is 202 g/mol. The van der Waals surface area contributed by atoms with Gasteiger partial charge in [0, 0.05) is 5.56 Å². The van der Waals surface area contributed by atoms with Crippen LogP contribution in [0.4, 0.5) is 4.39 Å². The molecule has 0 radical (unpaired) electrons. The monoisotopic (exact) mass is 202 g/mol. The lowest BCUT2D eigenvalue weighted by molar-refractivity contribution is 0.578. The van der Waals surface area contributed by atoms with Crippen LogP contribution in [0.3, 0.4) is 0 Å². The van der Waals surface area contributed by atoms with Crippen molar-refractivity contribution in [2.75, 3.05) is 6.54 Å². The third-order valence-corrected chi connectivity index (χ3v) is 2.00. The third-order valence-electron chi connectivity index (χ3n) is 2.00. The van der Waals surface area contributed by atoms with E-state index < -0.39 is 11.9 Å². The maximum atomic E-state index is 13.4. The number of benzene rings is 1. The first kappa shape index (κ1) is 11.2. The summed E-state index contributed by atoms with van der Waals surface area (Å²) in [7, 11) is 0. The van der Waals surface area contributed by atoms with Gasteiger partial charge in [0.2, 0.25) is 0 Å². The van der Waals surface area contributed by atoms with Gasteiger partial charge in [-0.3, -0.25) is 5.32 Å². The van der Waals surface area contributed by atoms with E-state index >= 15 is 0 Å². The molecule has 1 aromatic carbocycles. The summed E-state index contributed by atoms with van der Waals surface area (Å²) in [5.74, 6) is 1.96. The number of hydrogen-bond acceptors (Lipinski definition) is 2. The van der Waals surface area contributed by atoms with Crippen molar-refractivity contribution >= 4 is 0 Å². The Balaban J connectivity index is 2.97. The Labute approximate surface area is 88.7 Å². The zero-order valence-electron chi connectivity index (χ0n) is 8.42. The fraction of sp³-hybridized carbons (Fsp3) is 0.250.